The van der Waals surface area contributed by atoms with Gasteiger partial charge >= 0.3 is 11.9 Å². The molecule has 8 rings (SSSR count). The first-order valence-electron chi connectivity index (χ1n) is 29.0. The summed E-state index contributed by atoms with van der Waals surface area (Å²) in [5.74, 6) is -17.0. The van der Waals surface area contributed by atoms with Crippen molar-refractivity contribution in [3.05, 3.63) is 123 Å². The summed E-state index contributed by atoms with van der Waals surface area (Å²) in [4.78, 5) is 85.5. The van der Waals surface area contributed by atoms with Crippen LogP contribution in [-0.2, 0) is 39.8 Å². The van der Waals surface area contributed by atoms with Crippen molar-refractivity contribution in [3.8, 4) is 17.2 Å². The van der Waals surface area contributed by atoms with Crippen molar-refractivity contribution in [1.82, 2.24) is 10.7 Å². The van der Waals surface area contributed by atoms with Crippen LogP contribution in [0.3, 0.4) is 0 Å². The molecule has 0 aromatic heterocycles. The van der Waals surface area contributed by atoms with E-state index in [1.54, 1.807) is 67.6 Å². The molecule has 2 fully saturated rings. The Kier molecular flexibility index (Phi) is 20.8. The Hall–Kier alpha value is -7.19. The number of rotatable bonds is 25. The normalized spacial score (nSPS) is 24.4. The van der Waals surface area contributed by atoms with Crippen LogP contribution in [0, 0.1) is 29.6 Å². The summed E-state index contributed by atoms with van der Waals surface area (Å²) in [7, 11) is 1.30. The molecule has 1 heterocycles. The van der Waals surface area contributed by atoms with Crippen LogP contribution in [0.2, 0.25) is 0 Å². The van der Waals surface area contributed by atoms with Crippen LogP contribution in [0.1, 0.15) is 144 Å². The third-order valence-corrected chi connectivity index (χ3v) is 17.8. The average Bonchev–Trinajstić information content (AvgIpc) is 0.882. The van der Waals surface area contributed by atoms with Crippen molar-refractivity contribution >= 4 is 41.0 Å². The van der Waals surface area contributed by atoms with Gasteiger partial charge in [-0.2, -0.15) is 5.10 Å². The van der Waals surface area contributed by atoms with Crippen LogP contribution >= 0.6 is 0 Å². The maximum atomic E-state index is 14.9. The molecule has 0 bridgehead atoms. The van der Waals surface area contributed by atoms with E-state index < -0.39 is 187 Å². The maximum absolute atomic E-state index is 14.9. The Labute approximate surface area is 497 Å². The van der Waals surface area contributed by atoms with Gasteiger partial charge in [0.25, 0.3) is 0 Å². The molecule has 4 aliphatic rings. The van der Waals surface area contributed by atoms with Gasteiger partial charge < -0.3 is 76.0 Å². The molecule has 8 unspecified atom stereocenters. The Bertz CT molecular complexity index is 3130. The highest BCUT2D eigenvalue weighted by Crippen LogP contribution is 2.53. The first-order valence-corrected chi connectivity index (χ1v) is 29.0. The molecule has 1 saturated heterocycles. The number of aliphatic hydroxyl groups excluding tert-OH is 4. The Morgan fingerprint density at radius 2 is 1.44 bits per heavy atom. The molecular weight excluding hydrogens is 1120 g/mol. The number of nitrogens with zero attached hydrogens (tertiary/aromatic N) is 1. The van der Waals surface area contributed by atoms with E-state index in [-0.39, 0.29) is 52.3 Å². The summed E-state index contributed by atoms with van der Waals surface area (Å²) in [6.07, 6.45) is -2.12. The number of phenolic OH excluding ortho intramolecular Hbond substituents is 2. The lowest BCUT2D eigenvalue weighted by Gasteiger charge is -2.44. The van der Waals surface area contributed by atoms with Crippen molar-refractivity contribution in [2.75, 3.05) is 40.1 Å². The predicted octanol–water partition coefficient (Wildman–Crippen LogP) is 3.97. The number of aliphatic hydroxyl groups is 5. The van der Waals surface area contributed by atoms with Gasteiger partial charge in [0, 0.05) is 42.2 Å². The molecular formula is C63H78N4O19. The van der Waals surface area contributed by atoms with E-state index >= 15 is 0 Å². The van der Waals surface area contributed by atoms with Crippen molar-refractivity contribution in [2.24, 2.45) is 40.4 Å². The number of methoxy groups -OCH3 is 1. The molecule has 23 heteroatoms. The van der Waals surface area contributed by atoms with Gasteiger partial charge in [-0.05, 0) is 79.9 Å². The van der Waals surface area contributed by atoms with E-state index in [1.807, 2.05) is 6.92 Å². The molecule has 1 aliphatic heterocycles. The van der Waals surface area contributed by atoms with Crippen molar-refractivity contribution in [2.45, 2.75) is 132 Å². The second-order valence-corrected chi connectivity index (χ2v) is 23.5. The number of nitrogens with two attached hydrogens (primary N) is 1. The molecule has 13 atom stereocenters. The Balaban J connectivity index is 1.18. The molecule has 0 spiro atoms. The predicted molar refractivity (Wildman–Crippen MR) is 308 cm³/mol. The fourth-order valence-corrected chi connectivity index (χ4v) is 13.0. The SMILES string of the molecule is COc1cccc2c1C(=O)c1c(O)c3c(c(O)c1C2=O)C[C@](O)(C(CO)=NNC(=O)C(CC(c1ccccc1)C(C(=O)NC(CO)(CO)CO)C(CC(C)c1ccccc1)C(=O)O)C(C)C(=O)O)C[C@H]3O[C@H]1CC(C)[C@H](O[C@H]2CCCCO2)C(N)C1. The molecule has 3 aliphatic carbocycles. The van der Waals surface area contributed by atoms with Gasteiger partial charge in [-0.3, -0.25) is 28.8 Å². The summed E-state index contributed by atoms with van der Waals surface area (Å²) in [5.41, 5.74) is 3.22. The number of ketones is 2. The number of amides is 2. The van der Waals surface area contributed by atoms with Crippen molar-refractivity contribution in [1.29, 1.82) is 0 Å². The minimum Gasteiger partial charge on any atom is -0.507 e. The highest BCUT2D eigenvalue weighted by molar-refractivity contribution is 6.31. The number of fused-ring (bicyclic) bond motifs is 3. The second kappa shape index (κ2) is 27.7. The summed E-state index contributed by atoms with van der Waals surface area (Å²) in [6.45, 7) is 1.39. The molecule has 86 heavy (non-hydrogen) atoms. The zero-order valence-corrected chi connectivity index (χ0v) is 48.5. The lowest BCUT2D eigenvalue weighted by atomic mass is 9.69. The monoisotopic (exact) mass is 1190 g/mol. The molecule has 1 saturated carbocycles. The van der Waals surface area contributed by atoms with Crippen molar-refractivity contribution < 1.29 is 93.7 Å². The average molecular weight is 1200 g/mol. The van der Waals surface area contributed by atoms with Gasteiger partial charge in [0.1, 0.15) is 28.4 Å². The number of ether oxygens (including phenoxy) is 4. The maximum Gasteiger partial charge on any atom is 0.307 e. The molecule has 13 N–H and O–H groups in total. The largest absolute Gasteiger partial charge is 0.507 e. The van der Waals surface area contributed by atoms with Crippen LogP contribution in [0.4, 0.5) is 0 Å². The second-order valence-electron chi connectivity index (χ2n) is 23.5. The van der Waals surface area contributed by atoms with E-state index in [1.165, 1.54) is 32.2 Å². The van der Waals surface area contributed by atoms with Gasteiger partial charge in [-0.15, -0.1) is 0 Å². The molecule has 2 amide bonds. The van der Waals surface area contributed by atoms with Crippen LogP contribution in [0.15, 0.2) is 84.0 Å². The number of carbonyl (C=O) groups is 6. The smallest absolute Gasteiger partial charge is 0.307 e. The zero-order chi connectivity index (χ0) is 62.4. The Morgan fingerprint density at radius 3 is 2.02 bits per heavy atom. The summed E-state index contributed by atoms with van der Waals surface area (Å²) in [5, 5.41) is 108. The highest BCUT2D eigenvalue weighted by atomic mass is 16.7. The van der Waals surface area contributed by atoms with Gasteiger partial charge in [-0.1, -0.05) is 93.6 Å². The third-order valence-electron chi connectivity index (χ3n) is 17.8. The molecule has 4 aromatic rings. The third kappa shape index (κ3) is 13.4. The Morgan fingerprint density at radius 1 is 0.791 bits per heavy atom. The number of phenols is 2. The number of carboxylic acids is 2. The number of aliphatic carboxylic acids is 2. The lowest BCUT2D eigenvalue weighted by Crippen LogP contribution is -2.59. The number of hydrogen-bond donors (Lipinski definition) is 12. The summed E-state index contributed by atoms with van der Waals surface area (Å²) < 4.78 is 24.4. The van der Waals surface area contributed by atoms with Gasteiger partial charge in [0.2, 0.25) is 17.6 Å². The van der Waals surface area contributed by atoms with Crippen LogP contribution < -0.4 is 21.2 Å². The lowest BCUT2D eigenvalue weighted by molar-refractivity contribution is -0.214. The van der Waals surface area contributed by atoms with Crippen LogP contribution in [-0.4, -0.2) is 163 Å². The van der Waals surface area contributed by atoms with Crippen molar-refractivity contribution in [3.63, 3.8) is 0 Å². The van der Waals surface area contributed by atoms with Gasteiger partial charge in [-0.25, -0.2) is 5.43 Å². The highest BCUT2D eigenvalue weighted by Gasteiger charge is 2.51. The zero-order valence-electron chi connectivity index (χ0n) is 48.5. The fourth-order valence-electron chi connectivity index (χ4n) is 13.0. The van der Waals surface area contributed by atoms with E-state index in [0.29, 0.717) is 19.4 Å². The first-order chi connectivity index (χ1) is 41.1. The number of carboxylic acid groups (broad SMARTS) is 2. The number of aromatic hydroxyl groups is 2. The van der Waals surface area contributed by atoms with E-state index in [2.05, 4.69) is 15.8 Å². The first kappa shape index (κ1) is 64.8. The molecule has 4 aromatic carbocycles. The fraction of sp³-hybridized carbons (Fsp3) is 0.508. The van der Waals surface area contributed by atoms with E-state index in [4.69, 9.17) is 24.7 Å². The number of benzene rings is 4. The number of nitrogens with one attached hydrogen (secondary N) is 2. The van der Waals surface area contributed by atoms with Crippen LogP contribution in [0.5, 0.6) is 17.2 Å². The van der Waals surface area contributed by atoms with E-state index in [9.17, 15) is 74.7 Å². The molecule has 464 valence electrons. The van der Waals surface area contributed by atoms with Gasteiger partial charge in [0.15, 0.2) is 12.1 Å². The minimum absolute atomic E-state index is 0.0285. The van der Waals surface area contributed by atoms with Crippen LogP contribution in [0.25, 0.3) is 0 Å². The minimum atomic E-state index is -2.43. The summed E-state index contributed by atoms with van der Waals surface area (Å²) >= 11 is 0. The number of hydrogen-bond acceptors (Lipinski definition) is 19. The summed E-state index contributed by atoms with van der Waals surface area (Å²) in [6, 6.07) is 20.5. The quantitative estimate of drug-likeness (QED) is 0.0223. The van der Waals surface area contributed by atoms with Gasteiger partial charge in [0.05, 0.1) is 97.9 Å². The number of hydrazone groups is 1. The topological polar surface area (TPSA) is 384 Å². The van der Waals surface area contributed by atoms with E-state index in [0.717, 1.165) is 18.4 Å². The number of carbonyl (C=O) groups excluding carboxylic acids is 4. The molecule has 23 nitrogen and oxygen atoms in total. The standard InChI is InChI=1S/C63H78N4O19/c1-32(35-14-7-5-8-15-35)23-41(61(80)81)48(59(77)65-62(29-69,30-70)31-71)40(36-16-9-6-10-17-36)25-39(34(3)60(78)79)58(76)67-66-46(28-68)63(82)26-42-50(45(27-63)85-37-22-33(2)57(43(64)24-37)86-47-20-11-12-21-84-47)56(75)52-51(54(42)73)53(72)38-18-13-19-44(83-4)49(38)55(52)74/h5-10,13-19,32-34,37,39-41,43,45,47-48,57,68-71,73,75,82H,11-12,20-31,64H2,1-4H3,(H,65,77)(H,67,76)(H,78,79)(H,80,81)/t32?,33?,34?,37-,39?,40?,41?,43?,45+,47-,48?,57-,63+/m0/s1. The molecule has 0 radical (unpaired) electrons.